The van der Waals surface area contributed by atoms with Gasteiger partial charge in [-0.3, -0.25) is 9.69 Å². The number of hydrogen-bond donors (Lipinski definition) is 1. The van der Waals surface area contributed by atoms with E-state index in [2.05, 4.69) is 0 Å². The number of hydrogen-bond acceptors (Lipinski definition) is 2. The maximum absolute atomic E-state index is 11.3. The number of aliphatic carboxylic acids is 1. The number of nitrogens with zero attached hydrogens (tertiary/aromatic N) is 1. The van der Waals surface area contributed by atoms with Crippen molar-refractivity contribution >= 4 is 17.6 Å². The van der Waals surface area contributed by atoms with Crippen molar-refractivity contribution < 1.29 is 9.90 Å². The molecule has 1 aromatic rings. The van der Waals surface area contributed by atoms with Crippen LogP contribution >= 0.6 is 11.6 Å². The van der Waals surface area contributed by atoms with Gasteiger partial charge in [-0.2, -0.15) is 0 Å². The van der Waals surface area contributed by atoms with Gasteiger partial charge in [-0.05, 0) is 44.0 Å². The van der Waals surface area contributed by atoms with Gasteiger partial charge >= 0.3 is 5.97 Å². The van der Waals surface area contributed by atoms with E-state index in [0.29, 0.717) is 18.0 Å². The van der Waals surface area contributed by atoms with E-state index in [9.17, 15) is 9.90 Å². The van der Waals surface area contributed by atoms with Crippen molar-refractivity contribution in [1.82, 2.24) is 4.90 Å². The zero-order valence-corrected chi connectivity index (χ0v) is 10.6. The first-order chi connectivity index (χ1) is 8.02. The molecule has 1 atom stereocenters. The Morgan fingerprint density at radius 2 is 2.35 bits per heavy atom. The summed E-state index contributed by atoms with van der Waals surface area (Å²) in [6, 6.07) is 7.59. The Bertz CT molecular complexity index is 435. The van der Waals surface area contributed by atoms with E-state index in [0.717, 1.165) is 18.5 Å². The minimum absolute atomic E-state index is 0.642. The van der Waals surface area contributed by atoms with Crippen LogP contribution in [0.3, 0.4) is 0 Å². The Morgan fingerprint density at radius 1 is 1.59 bits per heavy atom. The SMILES string of the molecule is CC1(C(=O)O)CCCN1Cc1cccc(Cl)c1. The fourth-order valence-corrected chi connectivity index (χ4v) is 2.58. The summed E-state index contributed by atoms with van der Waals surface area (Å²) >= 11 is 5.93. The Labute approximate surface area is 106 Å². The van der Waals surface area contributed by atoms with Gasteiger partial charge < -0.3 is 5.11 Å². The second-order valence-electron chi connectivity index (χ2n) is 4.73. The second-order valence-corrected chi connectivity index (χ2v) is 5.17. The molecule has 0 amide bonds. The van der Waals surface area contributed by atoms with Gasteiger partial charge in [0.15, 0.2) is 0 Å². The van der Waals surface area contributed by atoms with Gasteiger partial charge in [0, 0.05) is 11.6 Å². The zero-order chi connectivity index (χ0) is 12.5. The van der Waals surface area contributed by atoms with Crippen LogP contribution in [0.1, 0.15) is 25.3 Å². The third-order valence-electron chi connectivity index (χ3n) is 3.51. The monoisotopic (exact) mass is 253 g/mol. The lowest BCUT2D eigenvalue weighted by atomic mass is 9.99. The van der Waals surface area contributed by atoms with Crippen LogP contribution in [0.2, 0.25) is 5.02 Å². The summed E-state index contributed by atoms with van der Waals surface area (Å²) in [5, 5.41) is 10.0. The molecule has 0 bridgehead atoms. The van der Waals surface area contributed by atoms with Crippen molar-refractivity contribution in [1.29, 1.82) is 0 Å². The third kappa shape index (κ3) is 2.45. The predicted octanol–water partition coefficient (Wildman–Crippen LogP) is 2.78. The number of carbonyl (C=O) groups is 1. The molecule has 1 saturated heterocycles. The largest absolute Gasteiger partial charge is 0.480 e. The molecule has 1 aliphatic rings. The highest BCUT2D eigenvalue weighted by Crippen LogP contribution is 2.31. The van der Waals surface area contributed by atoms with Crippen molar-refractivity contribution in [3.63, 3.8) is 0 Å². The number of carboxylic acids is 1. The van der Waals surface area contributed by atoms with Crippen LogP contribution in [-0.4, -0.2) is 28.1 Å². The van der Waals surface area contributed by atoms with E-state index < -0.39 is 11.5 Å². The molecule has 1 unspecified atom stereocenters. The molecule has 1 aromatic carbocycles. The minimum atomic E-state index is -0.739. The third-order valence-corrected chi connectivity index (χ3v) is 3.75. The molecule has 1 aliphatic heterocycles. The van der Waals surface area contributed by atoms with Crippen LogP contribution < -0.4 is 0 Å². The Kier molecular flexibility index (Phi) is 3.40. The Balaban J connectivity index is 2.16. The molecule has 1 N–H and O–H groups in total. The molecule has 3 nitrogen and oxygen atoms in total. The lowest BCUT2D eigenvalue weighted by molar-refractivity contribution is -0.148. The molecule has 0 aliphatic carbocycles. The summed E-state index contributed by atoms with van der Waals surface area (Å²) in [5.41, 5.74) is 0.328. The first-order valence-corrected chi connectivity index (χ1v) is 6.13. The van der Waals surface area contributed by atoms with Crippen LogP contribution in [0.4, 0.5) is 0 Å². The maximum Gasteiger partial charge on any atom is 0.323 e. The number of benzene rings is 1. The summed E-state index contributed by atoms with van der Waals surface area (Å²) in [6.45, 7) is 3.27. The van der Waals surface area contributed by atoms with E-state index in [1.54, 1.807) is 6.92 Å². The zero-order valence-electron chi connectivity index (χ0n) is 9.82. The quantitative estimate of drug-likeness (QED) is 0.901. The van der Waals surface area contributed by atoms with Crippen LogP contribution in [-0.2, 0) is 11.3 Å². The molecule has 0 aromatic heterocycles. The van der Waals surface area contributed by atoms with Crippen LogP contribution in [0.15, 0.2) is 24.3 Å². The van der Waals surface area contributed by atoms with Gasteiger partial charge in [0.2, 0.25) is 0 Å². The highest BCUT2D eigenvalue weighted by molar-refractivity contribution is 6.30. The van der Waals surface area contributed by atoms with Crippen molar-refractivity contribution in [2.24, 2.45) is 0 Å². The van der Waals surface area contributed by atoms with E-state index in [1.165, 1.54) is 0 Å². The topological polar surface area (TPSA) is 40.5 Å². The van der Waals surface area contributed by atoms with Crippen molar-refractivity contribution in [3.8, 4) is 0 Å². The summed E-state index contributed by atoms with van der Waals surface area (Å²) in [6.07, 6.45) is 1.65. The van der Waals surface area contributed by atoms with E-state index in [-0.39, 0.29) is 0 Å². The van der Waals surface area contributed by atoms with Gasteiger partial charge in [-0.15, -0.1) is 0 Å². The number of likely N-dealkylation sites (tertiary alicyclic amines) is 1. The number of carboxylic acid groups (broad SMARTS) is 1. The molecule has 1 fully saturated rings. The van der Waals surface area contributed by atoms with Gasteiger partial charge in [-0.25, -0.2) is 0 Å². The first kappa shape index (κ1) is 12.4. The van der Waals surface area contributed by atoms with Crippen LogP contribution in [0.25, 0.3) is 0 Å². The maximum atomic E-state index is 11.3. The van der Waals surface area contributed by atoms with Gasteiger partial charge in [0.25, 0.3) is 0 Å². The summed E-state index contributed by atoms with van der Waals surface area (Å²) in [4.78, 5) is 13.3. The Hall–Kier alpha value is -1.06. The van der Waals surface area contributed by atoms with E-state index in [4.69, 9.17) is 11.6 Å². The molecular weight excluding hydrogens is 238 g/mol. The minimum Gasteiger partial charge on any atom is -0.480 e. The predicted molar refractivity (Wildman–Crippen MR) is 67.1 cm³/mol. The molecule has 2 rings (SSSR count). The average Bonchev–Trinajstić information content (AvgIpc) is 2.62. The van der Waals surface area contributed by atoms with Gasteiger partial charge in [0.05, 0.1) is 0 Å². The molecule has 4 heteroatoms. The van der Waals surface area contributed by atoms with Gasteiger partial charge in [0.1, 0.15) is 5.54 Å². The van der Waals surface area contributed by atoms with Crippen LogP contribution in [0.5, 0.6) is 0 Å². The fraction of sp³-hybridized carbons (Fsp3) is 0.462. The second kappa shape index (κ2) is 4.67. The molecule has 17 heavy (non-hydrogen) atoms. The lowest BCUT2D eigenvalue weighted by Gasteiger charge is -2.31. The fourth-order valence-electron chi connectivity index (χ4n) is 2.37. The summed E-state index contributed by atoms with van der Waals surface area (Å²) in [7, 11) is 0. The first-order valence-electron chi connectivity index (χ1n) is 5.75. The molecule has 0 radical (unpaired) electrons. The molecule has 92 valence electrons. The highest BCUT2D eigenvalue weighted by Gasteiger charge is 2.42. The molecule has 0 saturated carbocycles. The van der Waals surface area contributed by atoms with Crippen molar-refractivity contribution in [2.75, 3.05) is 6.54 Å². The van der Waals surface area contributed by atoms with E-state index >= 15 is 0 Å². The lowest BCUT2D eigenvalue weighted by Crippen LogP contribution is -2.47. The van der Waals surface area contributed by atoms with Crippen molar-refractivity contribution in [2.45, 2.75) is 31.8 Å². The summed E-state index contributed by atoms with van der Waals surface area (Å²) < 4.78 is 0. The Morgan fingerprint density at radius 3 is 3.00 bits per heavy atom. The standard InChI is InChI=1S/C13H16ClNO2/c1-13(12(16)17)6-3-7-15(13)9-10-4-2-5-11(14)8-10/h2,4-5,8H,3,6-7,9H2,1H3,(H,16,17). The smallest absolute Gasteiger partial charge is 0.323 e. The van der Waals surface area contributed by atoms with E-state index in [1.807, 2.05) is 29.2 Å². The van der Waals surface area contributed by atoms with Crippen molar-refractivity contribution in [3.05, 3.63) is 34.9 Å². The van der Waals surface area contributed by atoms with Crippen LogP contribution in [0, 0.1) is 0 Å². The molecular formula is C13H16ClNO2. The average molecular weight is 254 g/mol. The highest BCUT2D eigenvalue weighted by atomic mass is 35.5. The molecule has 1 heterocycles. The number of rotatable bonds is 3. The normalized spacial score (nSPS) is 25.1. The van der Waals surface area contributed by atoms with Gasteiger partial charge in [-0.1, -0.05) is 23.7 Å². The summed E-state index contributed by atoms with van der Waals surface area (Å²) in [5.74, 6) is -0.739. The number of halogens is 1. The molecule has 0 spiro atoms.